The Morgan fingerprint density at radius 2 is 1.82 bits per heavy atom. The third-order valence-electron chi connectivity index (χ3n) is 2.39. The minimum absolute atomic E-state index is 0.417. The van der Waals surface area contributed by atoms with Gasteiger partial charge in [-0.05, 0) is 17.7 Å². The molecule has 0 saturated heterocycles. The Morgan fingerprint density at radius 3 is 2.29 bits per heavy atom. The van der Waals surface area contributed by atoms with Gasteiger partial charge in [0.1, 0.15) is 11.5 Å². The van der Waals surface area contributed by atoms with Crippen LogP contribution in [0.1, 0.15) is 17.4 Å². The Balaban J connectivity index is 2.37. The molecule has 1 atom stereocenters. The largest absolute Gasteiger partial charge is 0.497 e. The summed E-state index contributed by atoms with van der Waals surface area (Å²) in [6.07, 6.45) is 1.24. The van der Waals surface area contributed by atoms with Gasteiger partial charge in [-0.25, -0.2) is 0 Å². The first-order valence-corrected chi connectivity index (χ1v) is 4.99. The van der Waals surface area contributed by atoms with E-state index in [9.17, 15) is 0 Å². The van der Waals surface area contributed by atoms with Crippen molar-refractivity contribution in [2.45, 2.75) is 6.04 Å². The van der Waals surface area contributed by atoms with E-state index in [0.717, 1.165) is 5.56 Å². The normalized spacial score (nSPS) is 12.2. The average Bonchev–Trinajstić information content (AvgIpc) is 2.91. The molecule has 1 unspecified atom stereocenters. The van der Waals surface area contributed by atoms with E-state index in [1.807, 2.05) is 12.1 Å². The maximum absolute atomic E-state index is 6.01. The molecule has 0 aliphatic carbocycles. The third-order valence-corrected chi connectivity index (χ3v) is 2.39. The molecule has 0 aliphatic heterocycles. The van der Waals surface area contributed by atoms with Crippen molar-refractivity contribution in [3.05, 3.63) is 36.0 Å². The lowest BCUT2D eigenvalue weighted by Crippen LogP contribution is -2.13. The van der Waals surface area contributed by atoms with Gasteiger partial charge in [0.25, 0.3) is 0 Å². The Kier molecular flexibility index (Phi) is 3.24. The number of methoxy groups -OCH3 is 2. The Morgan fingerprint density at radius 1 is 1.18 bits per heavy atom. The van der Waals surface area contributed by atoms with Crippen LogP contribution < -0.4 is 15.2 Å². The van der Waals surface area contributed by atoms with Gasteiger partial charge in [0, 0.05) is 6.07 Å². The Labute approximate surface area is 98.3 Å². The van der Waals surface area contributed by atoms with Crippen molar-refractivity contribution in [3.8, 4) is 11.5 Å². The average molecular weight is 235 g/mol. The fourth-order valence-corrected chi connectivity index (χ4v) is 1.47. The van der Waals surface area contributed by atoms with Crippen LogP contribution in [0.5, 0.6) is 11.5 Å². The van der Waals surface area contributed by atoms with E-state index < -0.39 is 6.04 Å². The summed E-state index contributed by atoms with van der Waals surface area (Å²) >= 11 is 0. The van der Waals surface area contributed by atoms with Crippen LogP contribution in [-0.4, -0.2) is 24.4 Å². The van der Waals surface area contributed by atoms with E-state index in [1.165, 1.54) is 6.39 Å². The third kappa shape index (κ3) is 2.36. The quantitative estimate of drug-likeness (QED) is 0.855. The zero-order valence-electron chi connectivity index (χ0n) is 9.58. The molecule has 2 aromatic rings. The molecular formula is C11H13N3O3. The van der Waals surface area contributed by atoms with Crippen LogP contribution in [0.4, 0.5) is 0 Å². The maximum atomic E-state index is 6.01. The highest BCUT2D eigenvalue weighted by molar-refractivity contribution is 5.41. The van der Waals surface area contributed by atoms with Crippen LogP contribution >= 0.6 is 0 Å². The molecule has 0 bridgehead atoms. The van der Waals surface area contributed by atoms with Gasteiger partial charge >= 0.3 is 0 Å². The highest BCUT2D eigenvalue weighted by atomic mass is 16.5. The minimum atomic E-state index is -0.474. The molecule has 0 fully saturated rings. The van der Waals surface area contributed by atoms with Gasteiger partial charge < -0.3 is 19.7 Å². The summed E-state index contributed by atoms with van der Waals surface area (Å²) in [6.45, 7) is 0. The highest BCUT2D eigenvalue weighted by Gasteiger charge is 2.15. The van der Waals surface area contributed by atoms with Crippen molar-refractivity contribution in [1.82, 2.24) is 10.1 Å². The van der Waals surface area contributed by atoms with Crippen molar-refractivity contribution >= 4 is 0 Å². The predicted octanol–water partition coefficient (Wildman–Crippen LogP) is 1.13. The van der Waals surface area contributed by atoms with Gasteiger partial charge in [-0.3, -0.25) is 0 Å². The van der Waals surface area contributed by atoms with E-state index in [2.05, 4.69) is 14.7 Å². The second-order valence-electron chi connectivity index (χ2n) is 3.41. The standard InChI is InChI=1S/C11H13N3O3/c1-15-8-3-7(4-9(5-8)16-2)10(12)11-13-6-17-14-11/h3-6,10H,12H2,1-2H3. The molecule has 0 amide bonds. The Hall–Kier alpha value is -2.08. The molecule has 6 heteroatoms. The molecule has 2 rings (SSSR count). The smallest absolute Gasteiger partial charge is 0.213 e. The number of hydrogen-bond donors (Lipinski definition) is 1. The van der Waals surface area contributed by atoms with Crippen LogP contribution in [0.3, 0.4) is 0 Å². The second kappa shape index (κ2) is 4.84. The number of nitrogens with two attached hydrogens (primary N) is 1. The number of ether oxygens (including phenoxy) is 2. The van der Waals surface area contributed by atoms with Crippen LogP contribution in [0.2, 0.25) is 0 Å². The maximum Gasteiger partial charge on any atom is 0.213 e. The molecule has 1 aromatic heterocycles. The molecule has 0 saturated carbocycles. The minimum Gasteiger partial charge on any atom is -0.497 e. The molecule has 0 aliphatic rings. The summed E-state index contributed by atoms with van der Waals surface area (Å²) < 4.78 is 15.0. The van der Waals surface area contributed by atoms with E-state index in [4.69, 9.17) is 15.2 Å². The molecular weight excluding hydrogens is 222 g/mol. The van der Waals surface area contributed by atoms with Crippen LogP contribution in [0, 0.1) is 0 Å². The zero-order chi connectivity index (χ0) is 12.3. The Bertz CT molecular complexity index is 462. The van der Waals surface area contributed by atoms with Crippen LogP contribution in [0.15, 0.2) is 29.1 Å². The number of nitrogens with zero attached hydrogens (tertiary/aromatic N) is 2. The lowest BCUT2D eigenvalue weighted by atomic mass is 10.1. The van der Waals surface area contributed by atoms with Crippen molar-refractivity contribution in [2.75, 3.05) is 14.2 Å². The molecule has 0 spiro atoms. The first kappa shape index (κ1) is 11.4. The van der Waals surface area contributed by atoms with Gasteiger partial charge in [-0.1, -0.05) is 5.16 Å². The van der Waals surface area contributed by atoms with Gasteiger partial charge in [0.15, 0.2) is 5.82 Å². The SMILES string of the molecule is COc1cc(OC)cc(C(N)c2ncon2)c1. The van der Waals surface area contributed by atoms with Crippen LogP contribution in [-0.2, 0) is 0 Å². The van der Waals surface area contributed by atoms with E-state index >= 15 is 0 Å². The fraction of sp³-hybridized carbons (Fsp3) is 0.273. The predicted molar refractivity (Wildman–Crippen MR) is 59.9 cm³/mol. The topological polar surface area (TPSA) is 83.4 Å². The van der Waals surface area contributed by atoms with Gasteiger partial charge in [-0.15, -0.1) is 0 Å². The monoisotopic (exact) mass is 235 g/mol. The van der Waals surface area contributed by atoms with Crippen molar-refractivity contribution in [1.29, 1.82) is 0 Å². The summed E-state index contributed by atoms with van der Waals surface area (Å²) in [4.78, 5) is 3.92. The van der Waals surface area contributed by atoms with Crippen molar-refractivity contribution in [2.24, 2.45) is 5.73 Å². The summed E-state index contributed by atoms with van der Waals surface area (Å²) in [5.74, 6) is 1.75. The molecule has 6 nitrogen and oxygen atoms in total. The van der Waals surface area contributed by atoms with Crippen molar-refractivity contribution in [3.63, 3.8) is 0 Å². The first-order chi connectivity index (χ1) is 8.24. The number of benzene rings is 1. The lowest BCUT2D eigenvalue weighted by Gasteiger charge is -2.11. The molecule has 1 heterocycles. The van der Waals surface area contributed by atoms with Crippen LogP contribution in [0.25, 0.3) is 0 Å². The fourth-order valence-electron chi connectivity index (χ4n) is 1.47. The first-order valence-electron chi connectivity index (χ1n) is 4.99. The summed E-state index contributed by atoms with van der Waals surface area (Å²) in [5.41, 5.74) is 6.81. The van der Waals surface area contributed by atoms with Gasteiger partial charge in [0.2, 0.25) is 6.39 Å². The van der Waals surface area contributed by atoms with E-state index in [1.54, 1.807) is 20.3 Å². The number of hydrogen-bond acceptors (Lipinski definition) is 6. The zero-order valence-corrected chi connectivity index (χ0v) is 9.58. The van der Waals surface area contributed by atoms with E-state index in [-0.39, 0.29) is 0 Å². The molecule has 90 valence electrons. The lowest BCUT2D eigenvalue weighted by molar-refractivity contribution is 0.392. The molecule has 17 heavy (non-hydrogen) atoms. The van der Waals surface area contributed by atoms with Gasteiger partial charge in [0.05, 0.1) is 20.3 Å². The molecule has 2 N–H and O–H groups in total. The highest BCUT2D eigenvalue weighted by Crippen LogP contribution is 2.27. The second-order valence-corrected chi connectivity index (χ2v) is 3.41. The number of rotatable bonds is 4. The van der Waals surface area contributed by atoms with E-state index in [0.29, 0.717) is 17.3 Å². The molecule has 0 radical (unpaired) electrons. The number of aromatic nitrogens is 2. The van der Waals surface area contributed by atoms with Gasteiger partial charge in [-0.2, -0.15) is 4.98 Å². The molecule has 1 aromatic carbocycles. The summed E-state index contributed by atoms with van der Waals surface area (Å²) in [6, 6.07) is 4.91. The summed E-state index contributed by atoms with van der Waals surface area (Å²) in [7, 11) is 3.16. The van der Waals surface area contributed by atoms with Crippen molar-refractivity contribution < 1.29 is 14.0 Å². The summed E-state index contributed by atoms with van der Waals surface area (Å²) in [5, 5.41) is 3.71.